The summed E-state index contributed by atoms with van der Waals surface area (Å²) < 4.78 is 0. The summed E-state index contributed by atoms with van der Waals surface area (Å²) >= 11 is 5.92. The van der Waals surface area contributed by atoms with E-state index in [-0.39, 0.29) is 17.9 Å². The van der Waals surface area contributed by atoms with Crippen LogP contribution in [0.3, 0.4) is 0 Å². The first-order chi connectivity index (χ1) is 13.0. The minimum Gasteiger partial charge on any atom is -0.351 e. The number of nitrogens with zero attached hydrogens (tertiary/aromatic N) is 1. The van der Waals surface area contributed by atoms with E-state index in [9.17, 15) is 9.59 Å². The molecule has 1 aliphatic heterocycles. The Balaban J connectivity index is 1.67. The molecule has 0 radical (unpaired) electrons. The second kappa shape index (κ2) is 11.3. The van der Waals surface area contributed by atoms with Gasteiger partial charge in [0.25, 0.3) is 11.8 Å². The Morgan fingerprint density at radius 3 is 2.56 bits per heavy atom. The molecule has 0 aromatic heterocycles. The van der Waals surface area contributed by atoms with Crippen molar-refractivity contribution in [2.24, 2.45) is 0 Å². The summed E-state index contributed by atoms with van der Waals surface area (Å²) in [6, 6.07) is 7.97. The lowest BCUT2D eigenvalue weighted by Gasteiger charge is -2.31. The molecular weight excluding hydrogens is 364 g/mol. The van der Waals surface area contributed by atoms with Crippen molar-refractivity contribution in [1.82, 2.24) is 10.2 Å². The minimum atomic E-state index is 0.114. The number of hydrogen-bond donors (Lipinski definition) is 3. The fourth-order valence-corrected chi connectivity index (χ4v) is 3.38. The number of quaternary nitrogens is 2. The van der Waals surface area contributed by atoms with Gasteiger partial charge < -0.3 is 20.4 Å². The van der Waals surface area contributed by atoms with Crippen molar-refractivity contribution in [2.75, 3.05) is 45.8 Å². The molecule has 1 aromatic carbocycles. The predicted molar refractivity (Wildman–Crippen MR) is 107 cm³/mol. The van der Waals surface area contributed by atoms with Gasteiger partial charge in [-0.2, -0.15) is 0 Å². The van der Waals surface area contributed by atoms with Gasteiger partial charge in [0.2, 0.25) is 0 Å². The van der Waals surface area contributed by atoms with Gasteiger partial charge in [-0.1, -0.05) is 37.1 Å². The van der Waals surface area contributed by atoms with E-state index in [2.05, 4.69) is 24.5 Å². The van der Waals surface area contributed by atoms with Gasteiger partial charge in [0, 0.05) is 17.1 Å². The number of unbranched alkanes of at least 4 members (excludes halogenated alkanes) is 1. The average Bonchev–Trinajstić information content (AvgIpc) is 2.67. The number of nitrogens with two attached hydrogens (primary N) is 1. The second-order valence-corrected chi connectivity index (χ2v) is 7.73. The molecule has 1 saturated heterocycles. The number of nitrogens with one attached hydrogen (secondary N) is 2. The monoisotopic (exact) mass is 396 g/mol. The van der Waals surface area contributed by atoms with Crippen LogP contribution in [0.15, 0.2) is 24.3 Å². The molecule has 1 heterocycles. The normalized spacial score (nSPS) is 16.2. The van der Waals surface area contributed by atoms with E-state index in [1.165, 1.54) is 4.90 Å². The van der Waals surface area contributed by atoms with Crippen LogP contribution in [0, 0.1) is 0 Å². The molecular formula is C20H33ClN4O2+2. The smallest absolute Gasteiger partial charge is 0.278 e. The Bertz CT molecular complexity index is 601. The molecule has 0 saturated carbocycles. The van der Waals surface area contributed by atoms with Crippen molar-refractivity contribution in [3.8, 4) is 0 Å². The highest BCUT2D eigenvalue weighted by atomic mass is 35.5. The van der Waals surface area contributed by atoms with E-state index in [0.717, 1.165) is 56.2 Å². The summed E-state index contributed by atoms with van der Waals surface area (Å²) in [6.45, 7) is 9.02. The fraction of sp³-hybridized carbons (Fsp3) is 0.600. The third-order valence-corrected chi connectivity index (χ3v) is 5.38. The van der Waals surface area contributed by atoms with Gasteiger partial charge in [0.15, 0.2) is 13.1 Å². The minimum absolute atomic E-state index is 0.114. The van der Waals surface area contributed by atoms with Gasteiger partial charge in [-0.25, -0.2) is 0 Å². The number of benzene rings is 1. The maximum atomic E-state index is 12.5. The molecule has 150 valence electrons. The first-order valence-corrected chi connectivity index (χ1v) is 10.3. The maximum Gasteiger partial charge on any atom is 0.278 e. The van der Waals surface area contributed by atoms with Crippen LogP contribution in [0.1, 0.15) is 38.3 Å². The summed E-state index contributed by atoms with van der Waals surface area (Å²) in [5.41, 5.74) is 1.16. The molecule has 6 nitrogen and oxygen atoms in total. The molecule has 27 heavy (non-hydrogen) atoms. The number of carbonyl (C=O) groups is 2. The van der Waals surface area contributed by atoms with E-state index in [4.69, 9.17) is 11.6 Å². The molecule has 0 aliphatic carbocycles. The molecule has 0 bridgehead atoms. The first-order valence-electron chi connectivity index (χ1n) is 9.96. The number of rotatable bonds is 9. The number of piperazine rings is 1. The highest BCUT2D eigenvalue weighted by Crippen LogP contribution is 2.13. The summed E-state index contributed by atoms with van der Waals surface area (Å²) in [7, 11) is 0. The zero-order valence-electron chi connectivity index (χ0n) is 16.5. The van der Waals surface area contributed by atoms with Crippen LogP contribution in [-0.2, 0) is 9.59 Å². The highest BCUT2D eigenvalue weighted by Gasteiger charge is 2.26. The van der Waals surface area contributed by atoms with E-state index < -0.39 is 0 Å². The standard InChI is InChI=1S/C20H31ClN4O2/c1-3-4-9-22-19(26)15-24-10-12-25(13-11-24)20(27)14-23-16(2)17-5-7-18(21)8-6-17/h5-8,16,23H,3-4,9-15H2,1-2H3,(H,22,26)/p+2/t16-/m1/s1. The second-order valence-electron chi connectivity index (χ2n) is 7.29. The van der Waals surface area contributed by atoms with Gasteiger partial charge in [-0.3, -0.25) is 9.59 Å². The van der Waals surface area contributed by atoms with Crippen LogP contribution in [0.4, 0.5) is 0 Å². The lowest BCUT2D eigenvalue weighted by Crippen LogP contribution is -3.16. The maximum absolute atomic E-state index is 12.5. The van der Waals surface area contributed by atoms with Crippen LogP contribution in [0.25, 0.3) is 0 Å². The summed E-state index contributed by atoms with van der Waals surface area (Å²) in [6.07, 6.45) is 2.11. The largest absolute Gasteiger partial charge is 0.351 e. The molecule has 2 rings (SSSR count). The summed E-state index contributed by atoms with van der Waals surface area (Å²) in [5, 5.41) is 5.75. The van der Waals surface area contributed by atoms with Crippen LogP contribution < -0.4 is 15.5 Å². The highest BCUT2D eigenvalue weighted by molar-refractivity contribution is 6.30. The van der Waals surface area contributed by atoms with Crippen molar-refractivity contribution in [2.45, 2.75) is 32.7 Å². The number of hydrogen-bond acceptors (Lipinski definition) is 2. The number of carbonyl (C=O) groups excluding carboxylic acids is 2. The van der Waals surface area contributed by atoms with Crippen LogP contribution in [0.5, 0.6) is 0 Å². The molecule has 4 N–H and O–H groups in total. The average molecular weight is 397 g/mol. The Labute approximate surface area is 167 Å². The summed E-state index contributed by atoms with van der Waals surface area (Å²) in [5.74, 6) is 0.283. The third-order valence-electron chi connectivity index (χ3n) is 5.13. The Hall–Kier alpha value is -1.63. The SMILES string of the molecule is CCCCNC(=O)C[NH+]1CCN(C(=O)C[NH2+][C@H](C)c2ccc(Cl)cc2)CC1. The zero-order chi connectivity index (χ0) is 19.6. The topological polar surface area (TPSA) is 70.5 Å². The van der Waals surface area contributed by atoms with E-state index in [1.54, 1.807) is 0 Å². The molecule has 1 fully saturated rings. The van der Waals surface area contributed by atoms with Crippen molar-refractivity contribution in [1.29, 1.82) is 0 Å². The lowest BCUT2D eigenvalue weighted by molar-refractivity contribution is -0.896. The van der Waals surface area contributed by atoms with Crippen LogP contribution in [-0.4, -0.2) is 62.5 Å². The van der Waals surface area contributed by atoms with Gasteiger partial charge >= 0.3 is 0 Å². The van der Waals surface area contributed by atoms with Gasteiger partial charge in [-0.05, 0) is 25.5 Å². The zero-order valence-corrected chi connectivity index (χ0v) is 17.2. The molecule has 1 atom stereocenters. The quantitative estimate of drug-likeness (QED) is 0.497. The number of amides is 2. The molecule has 1 aliphatic rings. The predicted octanol–water partition coefficient (Wildman–Crippen LogP) is -0.392. The van der Waals surface area contributed by atoms with Crippen molar-refractivity contribution in [3.63, 3.8) is 0 Å². The van der Waals surface area contributed by atoms with E-state index in [0.29, 0.717) is 13.1 Å². The Morgan fingerprint density at radius 1 is 1.26 bits per heavy atom. The van der Waals surface area contributed by atoms with E-state index >= 15 is 0 Å². The third kappa shape index (κ3) is 7.48. The summed E-state index contributed by atoms with van der Waals surface area (Å²) in [4.78, 5) is 27.6. The van der Waals surface area contributed by atoms with E-state index in [1.807, 2.05) is 29.2 Å². The van der Waals surface area contributed by atoms with Crippen LogP contribution in [0.2, 0.25) is 5.02 Å². The Kier molecular flexibility index (Phi) is 9.04. The lowest BCUT2D eigenvalue weighted by atomic mass is 10.1. The van der Waals surface area contributed by atoms with Gasteiger partial charge in [0.1, 0.15) is 6.04 Å². The number of halogens is 1. The van der Waals surface area contributed by atoms with Crippen molar-refractivity contribution in [3.05, 3.63) is 34.9 Å². The Morgan fingerprint density at radius 2 is 1.93 bits per heavy atom. The molecule has 7 heteroatoms. The van der Waals surface area contributed by atoms with Crippen molar-refractivity contribution < 1.29 is 19.8 Å². The fourth-order valence-electron chi connectivity index (χ4n) is 3.25. The van der Waals surface area contributed by atoms with Gasteiger partial charge in [-0.15, -0.1) is 0 Å². The molecule has 2 amide bonds. The van der Waals surface area contributed by atoms with Crippen LogP contribution >= 0.6 is 11.6 Å². The molecule has 0 unspecified atom stereocenters. The molecule has 0 spiro atoms. The van der Waals surface area contributed by atoms with Crippen molar-refractivity contribution >= 4 is 23.4 Å². The van der Waals surface area contributed by atoms with Gasteiger partial charge in [0.05, 0.1) is 26.2 Å². The molecule has 1 aromatic rings. The first kappa shape index (κ1) is 21.7.